The summed E-state index contributed by atoms with van der Waals surface area (Å²) < 4.78 is 29.0. The number of benzene rings is 3. The van der Waals surface area contributed by atoms with Crippen molar-refractivity contribution in [3.63, 3.8) is 0 Å². The molecule has 1 heterocycles. The van der Waals surface area contributed by atoms with E-state index in [4.69, 9.17) is 0 Å². The summed E-state index contributed by atoms with van der Waals surface area (Å²) in [6.45, 7) is 1.76. The molecular formula is C23H19BrN2O3S. The Balaban J connectivity index is 1.83. The summed E-state index contributed by atoms with van der Waals surface area (Å²) in [4.78, 5) is 15.9. The van der Waals surface area contributed by atoms with Crippen LogP contribution in [0, 0.1) is 6.92 Å². The quantitative estimate of drug-likeness (QED) is 0.430. The monoisotopic (exact) mass is 482 g/mol. The second-order valence-corrected chi connectivity index (χ2v) is 9.68. The first kappa shape index (κ1) is 20.5. The molecule has 4 aromatic rings. The normalized spacial score (nSPS) is 11.7. The van der Waals surface area contributed by atoms with E-state index in [2.05, 4.69) is 25.6 Å². The van der Waals surface area contributed by atoms with Crippen LogP contribution in [0.15, 0.2) is 87.0 Å². The van der Waals surface area contributed by atoms with E-state index in [9.17, 15) is 13.2 Å². The predicted octanol–water partition coefficient (Wildman–Crippen LogP) is 4.74. The highest BCUT2D eigenvalue weighted by molar-refractivity contribution is 9.10. The first-order chi connectivity index (χ1) is 14.3. The number of nitrogens with one attached hydrogen (secondary N) is 2. The van der Waals surface area contributed by atoms with Crippen LogP contribution in [0.4, 0.5) is 0 Å². The molecule has 0 aliphatic heterocycles. The van der Waals surface area contributed by atoms with Gasteiger partial charge in [-0.1, -0.05) is 64.0 Å². The lowest BCUT2D eigenvalue weighted by Crippen LogP contribution is -2.27. The van der Waals surface area contributed by atoms with Gasteiger partial charge < -0.3 is 4.98 Å². The van der Waals surface area contributed by atoms with Gasteiger partial charge in [-0.3, -0.25) is 4.79 Å². The van der Waals surface area contributed by atoms with E-state index in [1.165, 1.54) is 0 Å². The second kappa shape index (κ2) is 8.18. The molecule has 0 atom stereocenters. The van der Waals surface area contributed by atoms with Crippen molar-refractivity contribution < 1.29 is 8.42 Å². The van der Waals surface area contributed by atoms with Crippen LogP contribution >= 0.6 is 15.9 Å². The zero-order valence-corrected chi connectivity index (χ0v) is 18.5. The fraction of sp³-hybridized carbons (Fsp3) is 0.0870. The summed E-state index contributed by atoms with van der Waals surface area (Å²) >= 11 is 3.49. The summed E-state index contributed by atoms with van der Waals surface area (Å²) in [5.41, 5.74) is 3.25. The van der Waals surface area contributed by atoms with Gasteiger partial charge in [0.15, 0.2) is 0 Å². The fourth-order valence-electron chi connectivity index (χ4n) is 3.38. The van der Waals surface area contributed by atoms with E-state index < -0.39 is 10.0 Å². The Kier molecular flexibility index (Phi) is 5.60. The number of fused-ring (bicyclic) bond motifs is 1. The Morgan fingerprint density at radius 2 is 1.67 bits per heavy atom. The Hall–Kier alpha value is -2.74. The molecule has 152 valence electrons. The molecule has 0 fully saturated rings. The largest absolute Gasteiger partial charge is 0.322 e. The van der Waals surface area contributed by atoms with Crippen LogP contribution in [0.2, 0.25) is 0 Å². The van der Waals surface area contributed by atoms with Gasteiger partial charge in [-0.2, -0.15) is 0 Å². The molecule has 0 bridgehead atoms. The van der Waals surface area contributed by atoms with Crippen molar-refractivity contribution in [2.75, 3.05) is 0 Å². The van der Waals surface area contributed by atoms with Gasteiger partial charge >= 0.3 is 0 Å². The number of rotatable bonds is 5. The number of hydrogen-bond donors (Lipinski definition) is 2. The maximum Gasteiger partial charge on any atom is 0.253 e. The topological polar surface area (TPSA) is 79.0 Å². The zero-order valence-electron chi connectivity index (χ0n) is 16.1. The van der Waals surface area contributed by atoms with Crippen molar-refractivity contribution in [2.45, 2.75) is 18.4 Å². The van der Waals surface area contributed by atoms with Crippen LogP contribution in [-0.4, -0.2) is 13.4 Å². The number of pyridine rings is 1. The standard InChI is InChI=1S/C23H19BrN2O3S/c1-15-7-10-18(11-8-15)30(28,29)25-14-20-22(16-5-3-2-4-6-16)19-13-17(24)9-12-21(19)26-23(20)27/h2-13,25H,14H2,1H3,(H,26,27). The number of aryl methyl sites for hydroxylation is 1. The minimum atomic E-state index is -3.76. The van der Waals surface area contributed by atoms with E-state index in [1.54, 1.807) is 24.3 Å². The van der Waals surface area contributed by atoms with Gasteiger partial charge in [0.2, 0.25) is 10.0 Å². The van der Waals surface area contributed by atoms with Crippen LogP contribution in [0.1, 0.15) is 11.1 Å². The van der Waals surface area contributed by atoms with Crippen molar-refractivity contribution in [3.8, 4) is 11.1 Å². The molecule has 0 radical (unpaired) electrons. The third-order valence-corrected chi connectivity index (χ3v) is 6.82. The predicted molar refractivity (Wildman–Crippen MR) is 123 cm³/mol. The number of H-pyrrole nitrogens is 1. The second-order valence-electron chi connectivity index (χ2n) is 7.00. The van der Waals surface area contributed by atoms with Gasteiger partial charge in [-0.05, 0) is 42.8 Å². The molecule has 4 rings (SSSR count). The van der Waals surface area contributed by atoms with Crippen LogP contribution in [0.5, 0.6) is 0 Å². The summed E-state index contributed by atoms with van der Waals surface area (Å²) in [6, 6.07) is 21.7. The lowest BCUT2D eigenvalue weighted by Gasteiger charge is -2.14. The number of halogens is 1. The van der Waals surface area contributed by atoms with E-state index in [0.717, 1.165) is 21.0 Å². The average Bonchev–Trinajstić information content (AvgIpc) is 2.73. The zero-order chi connectivity index (χ0) is 21.3. The number of aromatic amines is 1. The molecule has 1 aromatic heterocycles. The number of sulfonamides is 1. The molecule has 0 amide bonds. The van der Waals surface area contributed by atoms with Crippen molar-refractivity contribution in [1.29, 1.82) is 0 Å². The molecule has 0 aliphatic carbocycles. The SMILES string of the molecule is Cc1ccc(S(=O)(=O)NCc2c(-c3ccccc3)c3cc(Br)ccc3[nH]c2=O)cc1. The lowest BCUT2D eigenvalue weighted by atomic mass is 9.96. The van der Waals surface area contributed by atoms with Gasteiger partial charge in [0.05, 0.1) is 4.90 Å². The maximum absolute atomic E-state index is 12.9. The highest BCUT2D eigenvalue weighted by Gasteiger charge is 2.19. The van der Waals surface area contributed by atoms with Gasteiger partial charge in [0.1, 0.15) is 0 Å². The van der Waals surface area contributed by atoms with E-state index in [1.807, 2.05) is 55.5 Å². The van der Waals surface area contributed by atoms with Crippen molar-refractivity contribution in [1.82, 2.24) is 9.71 Å². The molecule has 30 heavy (non-hydrogen) atoms. The first-order valence-corrected chi connectivity index (χ1v) is 11.6. The Bertz CT molecular complexity index is 1380. The molecule has 0 aliphatic rings. The summed E-state index contributed by atoms with van der Waals surface area (Å²) in [6.07, 6.45) is 0. The van der Waals surface area contributed by atoms with Crippen LogP contribution in [-0.2, 0) is 16.6 Å². The molecule has 0 unspecified atom stereocenters. The summed E-state index contributed by atoms with van der Waals surface area (Å²) in [7, 11) is -3.76. The molecule has 3 aromatic carbocycles. The van der Waals surface area contributed by atoms with Gasteiger partial charge in [-0.25, -0.2) is 13.1 Å². The minimum absolute atomic E-state index is 0.127. The molecule has 0 saturated heterocycles. The average molecular weight is 483 g/mol. The third kappa shape index (κ3) is 4.09. The van der Waals surface area contributed by atoms with Crippen molar-refractivity contribution in [2.24, 2.45) is 0 Å². The highest BCUT2D eigenvalue weighted by atomic mass is 79.9. The highest BCUT2D eigenvalue weighted by Crippen LogP contribution is 2.31. The molecule has 2 N–H and O–H groups in total. The van der Waals surface area contributed by atoms with Crippen molar-refractivity contribution in [3.05, 3.63) is 98.7 Å². The van der Waals surface area contributed by atoms with E-state index in [0.29, 0.717) is 16.6 Å². The Morgan fingerprint density at radius 1 is 0.967 bits per heavy atom. The smallest absolute Gasteiger partial charge is 0.253 e. The number of aromatic nitrogens is 1. The number of hydrogen-bond acceptors (Lipinski definition) is 3. The maximum atomic E-state index is 12.9. The first-order valence-electron chi connectivity index (χ1n) is 9.31. The lowest BCUT2D eigenvalue weighted by molar-refractivity contribution is 0.581. The van der Waals surface area contributed by atoms with E-state index >= 15 is 0 Å². The molecule has 0 spiro atoms. The van der Waals surface area contributed by atoms with Gasteiger partial charge in [-0.15, -0.1) is 0 Å². The Labute approximate surface area is 183 Å². The third-order valence-electron chi connectivity index (χ3n) is 4.91. The molecule has 7 heteroatoms. The van der Waals surface area contributed by atoms with Crippen LogP contribution in [0.3, 0.4) is 0 Å². The summed E-state index contributed by atoms with van der Waals surface area (Å²) in [5.74, 6) is 0. The fourth-order valence-corrected chi connectivity index (χ4v) is 4.73. The van der Waals surface area contributed by atoms with Crippen molar-refractivity contribution >= 4 is 36.9 Å². The van der Waals surface area contributed by atoms with Crippen LogP contribution in [0.25, 0.3) is 22.0 Å². The molecule has 0 saturated carbocycles. The van der Waals surface area contributed by atoms with Gasteiger partial charge in [0, 0.05) is 33.0 Å². The van der Waals surface area contributed by atoms with Gasteiger partial charge in [0.25, 0.3) is 5.56 Å². The minimum Gasteiger partial charge on any atom is -0.322 e. The Morgan fingerprint density at radius 3 is 2.37 bits per heavy atom. The van der Waals surface area contributed by atoms with E-state index in [-0.39, 0.29) is 17.0 Å². The van der Waals surface area contributed by atoms with Crippen LogP contribution < -0.4 is 10.3 Å². The molecule has 5 nitrogen and oxygen atoms in total. The summed E-state index contributed by atoms with van der Waals surface area (Å²) in [5, 5.41) is 0.833. The molecular weight excluding hydrogens is 464 g/mol.